The predicted octanol–water partition coefficient (Wildman–Crippen LogP) is 14.7. The zero-order valence-electron chi connectivity index (χ0n) is 54.4. The van der Waals surface area contributed by atoms with Gasteiger partial charge in [0.05, 0.1) is 41.7 Å². The quantitative estimate of drug-likeness (QED) is 0.00461. The number of allylic oxidation sites excluding steroid dienone is 4. The van der Waals surface area contributed by atoms with Gasteiger partial charge in [0.25, 0.3) is 17.1 Å². The number of hydrogen-bond acceptors (Lipinski definition) is 21. The summed E-state index contributed by atoms with van der Waals surface area (Å²) in [5, 5.41) is 81.5. The maximum absolute atomic E-state index is 12.7. The zero-order valence-corrected chi connectivity index (χ0v) is 61.1. The second-order valence-electron chi connectivity index (χ2n) is 19.4. The molecule has 0 aromatic heterocycles. The van der Waals surface area contributed by atoms with Gasteiger partial charge in [0.15, 0.2) is 16.4 Å². The van der Waals surface area contributed by atoms with Crippen LogP contribution in [-0.4, -0.2) is 65.1 Å². The number of nitrogens with two attached hydrogens (primary N) is 1. The summed E-state index contributed by atoms with van der Waals surface area (Å²) in [4.78, 5) is 94.7. The first-order valence-electron chi connectivity index (χ1n) is 29.6. The molecule has 0 unspecified atom stereocenters. The van der Waals surface area contributed by atoms with Gasteiger partial charge in [0, 0.05) is 90.5 Å². The number of rotatable bonds is 29. The van der Waals surface area contributed by atoms with Gasteiger partial charge >= 0.3 is 47.5 Å². The van der Waals surface area contributed by atoms with Crippen LogP contribution < -0.4 is 55.7 Å². The number of nitrogens with one attached hydrogen (secondary N) is 2. The molecule has 27 nitrogen and oxygen atoms in total. The van der Waals surface area contributed by atoms with Crippen LogP contribution >= 0.6 is 47.8 Å². The van der Waals surface area contributed by atoms with Crippen molar-refractivity contribution in [2.75, 3.05) is 52.3 Å². The van der Waals surface area contributed by atoms with Crippen LogP contribution in [0.2, 0.25) is 0 Å². The molecule has 0 aliphatic rings. The average Bonchev–Trinajstić information content (AvgIpc) is 0.901. The van der Waals surface area contributed by atoms with Gasteiger partial charge in [0.1, 0.15) is 34.1 Å². The molecule has 502 valence electrons. The Morgan fingerprint density at radius 1 is 0.604 bits per heavy atom. The first-order chi connectivity index (χ1) is 45.5. The van der Waals surface area contributed by atoms with Crippen molar-refractivity contribution in [1.82, 2.24) is 0 Å². The van der Waals surface area contributed by atoms with Crippen LogP contribution in [0, 0.1) is 76.1 Å². The van der Waals surface area contributed by atoms with E-state index in [1.807, 2.05) is 36.8 Å². The van der Waals surface area contributed by atoms with Crippen LogP contribution in [0.5, 0.6) is 0 Å². The topological polar surface area (TPSA) is 413 Å². The SMILES string of the molecule is CCCCC/C=C/CCCC(=O)Nc1cccc(N(CC)CC)c1.CCCCC/C=C/C[CH-]CC(=O)Nc1cc(N(CC)CC)ccc1N=Nc1c(Br)cc([N+](=O)[O-])cc1C#N.N#Cc1cc([N+](=O)[O-])cc(Br)c1N.N#Cc1cc([N+](=O)[O-])cc(Br)c1[N+]#N.O=C=O.O=C=O.[Na+]. The Labute approximate surface area is 605 Å². The van der Waals surface area contributed by atoms with Gasteiger partial charge in [-0.05, 0) is 150 Å². The third-order valence-corrected chi connectivity index (χ3v) is 14.8. The van der Waals surface area contributed by atoms with Crippen molar-refractivity contribution >= 4 is 134 Å². The molecular weight excluding hydrogens is 1450 g/mol. The molecule has 96 heavy (non-hydrogen) atoms. The molecule has 5 aromatic carbocycles. The molecule has 4 N–H and O–H groups in total. The second kappa shape index (κ2) is 53.1. The molecule has 0 spiro atoms. The number of azo groups is 1. The van der Waals surface area contributed by atoms with Crippen LogP contribution in [0.1, 0.15) is 142 Å². The zero-order chi connectivity index (χ0) is 71.7. The number of nitro groups is 3. The summed E-state index contributed by atoms with van der Waals surface area (Å²) in [6.45, 7) is 16.3. The van der Waals surface area contributed by atoms with Gasteiger partial charge in [-0.1, -0.05) is 70.2 Å². The summed E-state index contributed by atoms with van der Waals surface area (Å²) in [6, 6.07) is 26.0. The van der Waals surface area contributed by atoms with Crippen molar-refractivity contribution in [3.05, 3.63) is 175 Å². The number of anilines is 5. The van der Waals surface area contributed by atoms with Crippen LogP contribution in [0.4, 0.5) is 62.6 Å². The molecule has 5 rings (SSSR count). The largest absolute Gasteiger partial charge is 1.00 e. The Morgan fingerprint density at radius 2 is 1.07 bits per heavy atom. The third kappa shape index (κ3) is 34.8. The maximum Gasteiger partial charge on any atom is 1.00 e. The van der Waals surface area contributed by atoms with E-state index in [1.54, 1.807) is 18.2 Å². The van der Waals surface area contributed by atoms with Crippen molar-refractivity contribution in [3.8, 4) is 18.2 Å². The molecule has 31 heteroatoms. The van der Waals surface area contributed by atoms with Gasteiger partial charge in [-0.15, -0.1) is 16.3 Å². The number of diazo groups is 1. The second-order valence-corrected chi connectivity index (χ2v) is 21.9. The van der Waals surface area contributed by atoms with E-state index in [9.17, 15) is 45.2 Å². The molecule has 0 aliphatic heterocycles. The van der Waals surface area contributed by atoms with Crippen molar-refractivity contribution in [1.29, 1.82) is 21.2 Å². The van der Waals surface area contributed by atoms with Crippen molar-refractivity contribution in [2.24, 2.45) is 10.2 Å². The molecule has 0 saturated carbocycles. The van der Waals surface area contributed by atoms with Crippen LogP contribution in [0.25, 0.3) is 4.98 Å². The molecule has 0 fully saturated rings. The standard InChI is InChI=1S/C28H34BrN6O3.C21H34N2O.C7H2BrN4O2.C7H4BrN3O2.2CO2.Na/c1-4-7-8-9-10-11-12-13-14-27(36)31-26-19-22(34(5-2)6-3)15-16-25(26)32-33-28-21(20-30)17-23(35(37)38)18-24(28)29;1-4-7-8-9-10-11-12-13-17-21(24)22-19-15-14-16-20(18-19)23(5-2)6-3;8-6-2-5(12(13)14)1-4(3-9)7(6)11-10;8-6-2-5(11(12)13)1-4(3-9)7(6)10;2*2-1-3;/h10-11,13,15-19H,4-9,12,14H2,1-3H3,(H,31,36);10-11,14-16,18H,4-9,12-13,17H2,1-3H3,(H,22,24);1-2H;1-2H,10H2;;;/q-1;;+1;;;;+1/b11-10+,33-32?;11-10+;;;;;. The Kier molecular flexibility index (Phi) is 49.2. The molecule has 5 aromatic rings. The van der Waals surface area contributed by atoms with Crippen molar-refractivity contribution in [2.45, 2.75) is 125 Å². The number of amides is 2. The van der Waals surface area contributed by atoms with Crippen LogP contribution in [0.15, 0.2) is 127 Å². The third-order valence-electron chi connectivity index (χ3n) is 12.9. The van der Waals surface area contributed by atoms with E-state index in [0.717, 1.165) is 99.6 Å². The monoisotopic (exact) mass is 1520 g/mol. The summed E-state index contributed by atoms with van der Waals surface area (Å²) in [5.41, 5.74) is 9.14. The van der Waals surface area contributed by atoms with Crippen LogP contribution in [-0.2, 0) is 28.8 Å². The number of halogens is 3. The van der Waals surface area contributed by atoms with E-state index in [1.165, 1.54) is 50.7 Å². The van der Waals surface area contributed by atoms with Gasteiger partial charge < -0.3 is 32.6 Å². The van der Waals surface area contributed by atoms with Gasteiger partial charge in [0.2, 0.25) is 11.3 Å². The summed E-state index contributed by atoms with van der Waals surface area (Å²) < 4.78 is 0.832. The maximum atomic E-state index is 12.7. The van der Waals surface area contributed by atoms with Crippen molar-refractivity contribution < 1.29 is 73.1 Å². The van der Waals surface area contributed by atoms with E-state index in [0.29, 0.717) is 22.3 Å². The number of nitro benzene ring substituents is 3. The Balaban J connectivity index is 0. The molecule has 0 heterocycles. The smallest absolute Gasteiger partial charge is 0.397 e. The minimum Gasteiger partial charge on any atom is -0.397 e. The molecule has 0 saturated heterocycles. The first-order valence-corrected chi connectivity index (χ1v) is 32.0. The minimum atomic E-state index is -0.632. The fourth-order valence-electron chi connectivity index (χ4n) is 8.12. The molecule has 0 bridgehead atoms. The fraction of sp³-hybridized carbons (Fsp3) is 0.354. The normalized spacial score (nSPS) is 9.84. The number of nitriles is 3. The van der Waals surface area contributed by atoms with E-state index in [4.69, 9.17) is 40.8 Å². The number of unbranched alkanes of at least 4 members (excludes halogenated alkanes) is 8. The van der Waals surface area contributed by atoms with E-state index >= 15 is 0 Å². The Morgan fingerprint density at radius 3 is 1.56 bits per heavy atom. The Bertz CT molecular complexity index is 3670. The molecule has 0 aliphatic carbocycles. The summed E-state index contributed by atoms with van der Waals surface area (Å²) in [6.07, 6.45) is 24.2. The average molecular weight is 1520 g/mol. The number of nitrogen functional groups attached to an aromatic ring is 1. The summed E-state index contributed by atoms with van der Waals surface area (Å²) in [7, 11) is 0. The molecular formula is C65H74Br3N15NaO12+. The molecule has 2 amide bonds. The number of nitrogens with zero attached hydrogens (tertiary/aromatic N) is 12. The van der Waals surface area contributed by atoms with E-state index in [-0.39, 0.29) is 120 Å². The minimum absolute atomic E-state index is 0. The number of carbonyl (C=O) groups is 2. The fourth-order valence-corrected chi connectivity index (χ4v) is 9.62. The van der Waals surface area contributed by atoms with Gasteiger partial charge in [-0.2, -0.15) is 41.4 Å². The number of hydrogen-bond donors (Lipinski definition) is 3. The number of carbonyl (C=O) groups excluding carboxylic acids is 6. The molecule has 0 atom stereocenters. The number of benzene rings is 5. The van der Waals surface area contributed by atoms with Crippen molar-refractivity contribution in [3.63, 3.8) is 0 Å². The predicted molar refractivity (Wildman–Crippen MR) is 371 cm³/mol. The first kappa shape index (κ1) is 88.9. The van der Waals surface area contributed by atoms with Gasteiger partial charge in [-0.25, -0.2) is 0 Å². The molecule has 0 radical (unpaired) electrons. The summed E-state index contributed by atoms with van der Waals surface area (Å²) >= 11 is 9.24. The number of non-ortho nitro benzene ring substituents is 3. The Hall–Kier alpha value is -9.19. The summed E-state index contributed by atoms with van der Waals surface area (Å²) in [5.74, 6) is -0.0714. The van der Waals surface area contributed by atoms with Crippen LogP contribution in [0.3, 0.4) is 0 Å². The van der Waals surface area contributed by atoms with E-state index in [2.05, 4.69) is 161 Å². The van der Waals surface area contributed by atoms with Gasteiger partial charge in [-0.3, -0.25) is 39.9 Å². The van der Waals surface area contributed by atoms with E-state index < -0.39 is 14.8 Å².